The van der Waals surface area contributed by atoms with Crippen molar-refractivity contribution < 1.29 is 4.39 Å². The van der Waals surface area contributed by atoms with E-state index in [0.717, 1.165) is 27.6 Å². The first kappa shape index (κ1) is 15.9. The number of aromatic nitrogens is 3. The lowest BCUT2D eigenvalue weighted by atomic mass is 9.98. The second kappa shape index (κ2) is 6.39. The normalized spacial score (nSPS) is 11.0. The third-order valence-corrected chi connectivity index (χ3v) is 4.49. The first-order valence-electron chi connectivity index (χ1n) is 7.44. The fourth-order valence-electron chi connectivity index (χ4n) is 2.70. The van der Waals surface area contributed by atoms with Gasteiger partial charge in [0.2, 0.25) is 0 Å². The fraction of sp³-hybridized carbons (Fsp3) is 0. The number of pyridine rings is 1. The van der Waals surface area contributed by atoms with Crippen LogP contribution in [0.15, 0.2) is 61.1 Å². The molecule has 0 N–H and O–H groups in total. The Kier molecular flexibility index (Phi) is 4.07. The number of fused-ring (bicyclic) bond motifs is 1. The molecule has 0 saturated heterocycles. The van der Waals surface area contributed by atoms with Crippen LogP contribution >= 0.6 is 23.2 Å². The zero-order valence-corrected chi connectivity index (χ0v) is 14.3. The summed E-state index contributed by atoms with van der Waals surface area (Å²) in [4.78, 5) is 12.7. The molecule has 2 heterocycles. The Morgan fingerprint density at radius 3 is 2.52 bits per heavy atom. The van der Waals surface area contributed by atoms with Crippen molar-refractivity contribution in [2.45, 2.75) is 0 Å². The van der Waals surface area contributed by atoms with E-state index in [1.54, 1.807) is 18.3 Å². The van der Waals surface area contributed by atoms with E-state index in [4.69, 9.17) is 23.2 Å². The van der Waals surface area contributed by atoms with Gasteiger partial charge in [0.1, 0.15) is 17.3 Å². The molecule has 0 aliphatic rings. The van der Waals surface area contributed by atoms with Gasteiger partial charge in [-0.25, -0.2) is 14.4 Å². The van der Waals surface area contributed by atoms with Gasteiger partial charge >= 0.3 is 0 Å². The van der Waals surface area contributed by atoms with Crippen molar-refractivity contribution in [3.05, 3.63) is 77.0 Å². The number of nitrogens with zero attached hydrogens (tertiary/aromatic N) is 3. The Bertz CT molecular complexity index is 1100. The van der Waals surface area contributed by atoms with Crippen LogP contribution in [0.25, 0.3) is 33.3 Å². The van der Waals surface area contributed by atoms with E-state index in [-0.39, 0.29) is 5.02 Å². The van der Waals surface area contributed by atoms with E-state index in [9.17, 15) is 4.39 Å². The Balaban J connectivity index is 1.92. The molecule has 0 unspecified atom stereocenters. The number of rotatable bonds is 2. The van der Waals surface area contributed by atoms with Gasteiger partial charge in [-0.3, -0.25) is 4.98 Å². The van der Waals surface area contributed by atoms with Gasteiger partial charge in [0.25, 0.3) is 0 Å². The summed E-state index contributed by atoms with van der Waals surface area (Å²) in [5.74, 6) is -0.461. The van der Waals surface area contributed by atoms with Crippen molar-refractivity contribution in [3.63, 3.8) is 0 Å². The van der Waals surface area contributed by atoms with Crippen LogP contribution in [-0.4, -0.2) is 15.0 Å². The maximum atomic E-state index is 13.5. The zero-order chi connectivity index (χ0) is 17.4. The molecule has 6 heteroatoms. The predicted molar refractivity (Wildman–Crippen MR) is 98.2 cm³/mol. The van der Waals surface area contributed by atoms with Gasteiger partial charge in [0, 0.05) is 22.7 Å². The lowest BCUT2D eigenvalue weighted by Gasteiger charge is -2.10. The average molecular weight is 370 g/mol. The van der Waals surface area contributed by atoms with E-state index in [1.165, 1.54) is 12.4 Å². The number of benzene rings is 2. The first-order chi connectivity index (χ1) is 12.1. The van der Waals surface area contributed by atoms with Crippen molar-refractivity contribution >= 4 is 34.1 Å². The summed E-state index contributed by atoms with van der Waals surface area (Å²) in [5.41, 5.74) is 3.99. The van der Waals surface area contributed by atoms with Gasteiger partial charge in [-0.05, 0) is 42.0 Å². The number of hydrogen-bond donors (Lipinski definition) is 0. The lowest BCUT2D eigenvalue weighted by molar-refractivity contribution is 0.628. The standard InChI is InChI=1S/C19H10Cl2FN3/c20-15-9-12(3-5-16(15)22)18-13(2-1-7-23-18)11-4-6-17-14(8-11)19(21)25-10-24-17/h1-10H. The maximum Gasteiger partial charge on any atom is 0.141 e. The Hall–Kier alpha value is -2.56. The van der Waals surface area contributed by atoms with Gasteiger partial charge in [-0.2, -0.15) is 0 Å². The Labute approximate surface area is 153 Å². The molecule has 25 heavy (non-hydrogen) atoms. The largest absolute Gasteiger partial charge is 0.256 e. The molecule has 4 rings (SSSR count). The molecule has 2 aromatic carbocycles. The van der Waals surface area contributed by atoms with Gasteiger partial charge < -0.3 is 0 Å². The van der Waals surface area contributed by atoms with Crippen LogP contribution in [-0.2, 0) is 0 Å². The Morgan fingerprint density at radius 2 is 1.68 bits per heavy atom. The second-order valence-corrected chi connectivity index (χ2v) is 6.19. The highest BCUT2D eigenvalue weighted by Gasteiger charge is 2.12. The highest BCUT2D eigenvalue weighted by atomic mass is 35.5. The molecule has 0 fully saturated rings. The van der Waals surface area contributed by atoms with Gasteiger partial charge in [-0.15, -0.1) is 0 Å². The second-order valence-electron chi connectivity index (χ2n) is 5.42. The molecule has 0 amide bonds. The first-order valence-corrected chi connectivity index (χ1v) is 8.20. The lowest BCUT2D eigenvalue weighted by Crippen LogP contribution is -1.91. The van der Waals surface area contributed by atoms with E-state index >= 15 is 0 Å². The molecule has 0 aliphatic carbocycles. The molecule has 0 spiro atoms. The minimum atomic E-state index is -0.461. The maximum absolute atomic E-state index is 13.5. The van der Waals surface area contributed by atoms with E-state index in [2.05, 4.69) is 15.0 Å². The summed E-state index contributed by atoms with van der Waals surface area (Å²) in [6, 6.07) is 14.1. The van der Waals surface area contributed by atoms with Crippen molar-refractivity contribution in [2.75, 3.05) is 0 Å². The van der Waals surface area contributed by atoms with E-state index in [0.29, 0.717) is 10.8 Å². The van der Waals surface area contributed by atoms with Crippen LogP contribution in [0.3, 0.4) is 0 Å². The number of halogens is 3. The van der Waals surface area contributed by atoms with Gasteiger partial charge in [0.05, 0.1) is 16.2 Å². The Morgan fingerprint density at radius 1 is 0.840 bits per heavy atom. The summed E-state index contributed by atoms with van der Waals surface area (Å²) in [7, 11) is 0. The molecule has 122 valence electrons. The summed E-state index contributed by atoms with van der Waals surface area (Å²) >= 11 is 12.1. The SMILES string of the molecule is Fc1ccc(-c2ncccc2-c2ccc3ncnc(Cl)c3c2)cc1Cl. The molecule has 0 radical (unpaired) electrons. The monoisotopic (exact) mass is 369 g/mol. The van der Waals surface area contributed by atoms with Crippen LogP contribution in [0.5, 0.6) is 0 Å². The third kappa shape index (κ3) is 2.95. The van der Waals surface area contributed by atoms with Crippen LogP contribution in [0.2, 0.25) is 10.2 Å². The molecule has 0 saturated carbocycles. The fourth-order valence-corrected chi connectivity index (χ4v) is 3.08. The van der Waals surface area contributed by atoms with Crippen molar-refractivity contribution in [1.82, 2.24) is 15.0 Å². The van der Waals surface area contributed by atoms with Crippen molar-refractivity contribution in [3.8, 4) is 22.4 Å². The highest BCUT2D eigenvalue weighted by molar-refractivity contribution is 6.34. The topological polar surface area (TPSA) is 38.7 Å². The number of hydrogen-bond acceptors (Lipinski definition) is 3. The molecule has 0 atom stereocenters. The van der Waals surface area contributed by atoms with Crippen LogP contribution in [0.4, 0.5) is 4.39 Å². The molecular formula is C19H10Cl2FN3. The quantitative estimate of drug-likeness (QED) is 0.418. The van der Waals surface area contributed by atoms with Crippen molar-refractivity contribution in [2.24, 2.45) is 0 Å². The molecular weight excluding hydrogens is 360 g/mol. The summed E-state index contributed by atoms with van der Waals surface area (Å²) in [6.45, 7) is 0. The van der Waals surface area contributed by atoms with E-state index in [1.807, 2.05) is 30.3 Å². The highest BCUT2D eigenvalue weighted by Crippen LogP contribution is 2.34. The van der Waals surface area contributed by atoms with E-state index < -0.39 is 5.82 Å². The van der Waals surface area contributed by atoms with Crippen LogP contribution in [0.1, 0.15) is 0 Å². The molecule has 4 aromatic rings. The van der Waals surface area contributed by atoms with Crippen molar-refractivity contribution in [1.29, 1.82) is 0 Å². The minimum Gasteiger partial charge on any atom is -0.256 e. The third-order valence-electron chi connectivity index (χ3n) is 3.90. The molecule has 3 nitrogen and oxygen atoms in total. The van der Waals surface area contributed by atoms with Gasteiger partial charge in [-0.1, -0.05) is 35.3 Å². The zero-order valence-electron chi connectivity index (χ0n) is 12.7. The average Bonchev–Trinajstić information content (AvgIpc) is 2.64. The summed E-state index contributed by atoms with van der Waals surface area (Å²) < 4.78 is 13.5. The predicted octanol–water partition coefficient (Wildman–Crippen LogP) is 5.80. The van der Waals surface area contributed by atoms with Crippen LogP contribution < -0.4 is 0 Å². The summed E-state index contributed by atoms with van der Waals surface area (Å²) in [5, 5.41) is 1.21. The van der Waals surface area contributed by atoms with Crippen LogP contribution in [0, 0.1) is 5.82 Å². The molecule has 0 bridgehead atoms. The molecule has 0 aliphatic heterocycles. The molecule has 2 aromatic heterocycles. The minimum absolute atomic E-state index is 0.0593. The summed E-state index contributed by atoms with van der Waals surface area (Å²) in [6.07, 6.45) is 3.12. The smallest absolute Gasteiger partial charge is 0.141 e. The van der Waals surface area contributed by atoms with Gasteiger partial charge in [0.15, 0.2) is 0 Å².